The zero-order valence-corrected chi connectivity index (χ0v) is 16.4. The summed E-state index contributed by atoms with van der Waals surface area (Å²) < 4.78 is 23.8. The predicted octanol–water partition coefficient (Wildman–Crippen LogP) is 4.22. The Morgan fingerprint density at radius 3 is 2.32 bits per heavy atom. The number of piperidine rings is 1. The van der Waals surface area contributed by atoms with E-state index in [9.17, 15) is 9.18 Å². The summed E-state index contributed by atoms with van der Waals surface area (Å²) in [5.41, 5.74) is 2.40. The van der Waals surface area contributed by atoms with E-state index in [0.717, 1.165) is 37.9 Å². The van der Waals surface area contributed by atoms with Gasteiger partial charge in [-0.25, -0.2) is 4.39 Å². The minimum atomic E-state index is -0.263. The first-order valence-electron chi connectivity index (χ1n) is 9.95. The maximum Gasteiger partial charge on any atom is 0.248 e. The van der Waals surface area contributed by atoms with E-state index in [-0.39, 0.29) is 18.3 Å². The summed E-state index contributed by atoms with van der Waals surface area (Å²) in [5, 5.41) is 0. The molecule has 1 aliphatic rings. The molecule has 0 atom stereocenters. The molecule has 1 heterocycles. The Morgan fingerprint density at radius 2 is 1.68 bits per heavy atom. The second-order valence-electron chi connectivity index (χ2n) is 7.22. The van der Waals surface area contributed by atoms with E-state index >= 15 is 0 Å². The standard InChI is InChI=1S/C23H28FNO3/c1-2-27-17-23(26)25-13-11-19(12-14-25)15-18-3-5-20(6-4-18)16-28-22-9-7-21(24)8-10-22/h3-10,19H,2,11-17H2,1H3. The van der Waals surface area contributed by atoms with Crippen LogP contribution in [-0.2, 0) is 22.6 Å². The average molecular weight is 385 g/mol. The zero-order chi connectivity index (χ0) is 19.8. The molecule has 1 amide bonds. The number of carbonyl (C=O) groups excluding carboxylic acids is 1. The first-order chi connectivity index (χ1) is 13.6. The van der Waals surface area contributed by atoms with E-state index in [1.165, 1.54) is 17.7 Å². The van der Waals surface area contributed by atoms with Crippen LogP contribution in [0.4, 0.5) is 4.39 Å². The smallest absolute Gasteiger partial charge is 0.248 e. The summed E-state index contributed by atoms with van der Waals surface area (Å²) in [6.45, 7) is 4.78. The Labute approximate surface area is 166 Å². The minimum absolute atomic E-state index is 0.103. The third kappa shape index (κ3) is 6.06. The van der Waals surface area contributed by atoms with Gasteiger partial charge in [-0.2, -0.15) is 0 Å². The van der Waals surface area contributed by atoms with Crippen LogP contribution in [0.15, 0.2) is 48.5 Å². The highest BCUT2D eigenvalue weighted by molar-refractivity contribution is 5.77. The van der Waals surface area contributed by atoms with E-state index in [1.807, 2.05) is 11.8 Å². The molecule has 0 saturated carbocycles. The highest BCUT2D eigenvalue weighted by atomic mass is 19.1. The van der Waals surface area contributed by atoms with Crippen molar-refractivity contribution in [3.05, 3.63) is 65.5 Å². The van der Waals surface area contributed by atoms with Gasteiger partial charge in [0.15, 0.2) is 0 Å². The molecule has 0 radical (unpaired) electrons. The van der Waals surface area contributed by atoms with Gasteiger partial charge in [0.25, 0.3) is 0 Å². The van der Waals surface area contributed by atoms with Gasteiger partial charge < -0.3 is 14.4 Å². The van der Waals surface area contributed by atoms with E-state index in [1.54, 1.807) is 12.1 Å². The third-order valence-electron chi connectivity index (χ3n) is 5.16. The van der Waals surface area contributed by atoms with Crippen LogP contribution in [0.25, 0.3) is 0 Å². The fourth-order valence-electron chi connectivity index (χ4n) is 3.47. The van der Waals surface area contributed by atoms with Crippen LogP contribution in [0.1, 0.15) is 30.9 Å². The molecule has 0 N–H and O–H groups in total. The average Bonchev–Trinajstić information content (AvgIpc) is 2.73. The number of rotatable bonds is 8. The monoisotopic (exact) mass is 385 g/mol. The largest absolute Gasteiger partial charge is 0.489 e. The Hall–Kier alpha value is -2.40. The van der Waals surface area contributed by atoms with Crippen LogP contribution in [0.2, 0.25) is 0 Å². The normalized spacial score (nSPS) is 14.9. The van der Waals surface area contributed by atoms with Gasteiger partial charge in [0.05, 0.1) is 0 Å². The number of nitrogens with zero attached hydrogens (tertiary/aromatic N) is 1. The summed E-state index contributed by atoms with van der Waals surface area (Å²) in [6.07, 6.45) is 3.10. The molecular formula is C23H28FNO3. The molecule has 3 rings (SSSR count). The summed E-state index contributed by atoms with van der Waals surface area (Å²) in [4.78, 5) is 13.9. The number of hydrogen-bond donors (Lipinski definition) is 0. The van der Waals surface area contributed by atoms with Crippen LogP contribution in [-0.4, -0.2) is 37.1 Å². The molecule has 4 nitrogen and oxygen atoms in total. The quantitative estimate of drug-likeness (QED) is 0.683. The van der Waals surface area contributed by atoms with E-state index in [0.29, 0.717) is 24.9 Å². The summed E-state index contributed by atoms with van der Waals surface area (Å²) in [7, 11) is 0. The molecular weight excluding hydrogens is 357 g/mol. The van der Waals surface area contributed by atoms with Crippen molar-refractivity contribution < 1.29 is 18.7 Å². The van der Waals surface area contributed by atoms with Crippen LogP contribution in [0.5, 0.6) is 5.75 Å². The summed E-state index contributed by atoms with van der Waals surface area (Å²) >= 11 is 0. The fourth-order valence-corrected chi connectivity index (χ4v) is 3.47. The van der Waals surface area contributed by atoms with Crippen molar-refractivity contribution in [2.45, 2.75) is 32.8 Å². The maximum absolute atomic E-state index is 12.9. The Bertz CT molecular complexity index is 737. The SMILES string of the molecule is CCOCC(=O)N1CCC(Cc2ccc(COc3ccc(F)cc3)cc2)CC1. The van der Waals surface area contributed by atoms with Crippen LogP contribution in [0.3, 0.4) is 0 Å². The Morgan fingerprint density at radius 1 is 1.04 bits per heavy atom. The van der Waals surface area contributed by atoms with E-state index < -0.39 is 0 Å². The Balaban J connectivity index is 1.42. The van der Waals surface area contributed by atoms with Crippen molar-refractivity contribution in [3.63, 3.8) is 0 Å². The van der Waals surface area contributed by atoms with Crippen molar-refractivity contribution in [2.75, 3.05) is 26.3 Å². The van der Waals surface area contributed by atoms with Gasteiger partial charge in [0.1, 0.15) is 24.8 Å². The molecule has 0 aromatic heterocycles. The molecule has 2 aromatic carbocycles. The molecule has 150 valence electrons. The second kappa shape index (κ2) is 10.2. The molecule has 0 bridgehead atoms. The molecule has 28 heavy (non-hydrogen) atoms. The lowest BCUT2D eigenvalue weighted by atomic mass is 9.90. The number of hydrogen-bond acceptors (Lipinski definition) is 3. The predicted molar refractivity (Wildman–Crippen MR) is 107 cm³/mol. The number of carbonyl (C=O) groups is 1. The fraction of sp³-hybridized carbons (Fsp3) is 0.435. The van der Waals surface area contributed by atoms with Crippen LogP contribution in [0, 0.1) is 11.7 Å². The number of ether oxygens (including phenoxy) is 2. The van der Waals surface area contributed by atoms with Gasteiger partial charge in [-0.15, -0.1) is 0 Å². The Kier molecular flexibility index (Phi) is 7.43. The van der Waals surface area contributed by atoms with Gasteiger partial charge in [0.2, 0.25) is 5.91 Å². The molecule has 1 fully saturated rings. The van der Waals surface area contributed by atoms with Crippen molar-refractivity contribution in [1.82, 2.24) is 4.90 Å². The highest BCUT2D eigenvalue weighted by Crippen LogP contribution is 2.22. The molecule has 0 aliphatic carbocycles. The molecule has 0 spiro atoms. The third-order valence-corrected chi connectivity index (χ3v) is 5.16. The minimum Gasteiger partial charge on any atom is -0.489 e. The second-order valence-corrected chi connectivity index (χ2v) is 7.22. The number of likely N-dealkylation sites (tertiary alicyclic amines) is 1. The van der Waals surface area contributed by atoms with Crippen LogP contribution < -0.4 is 4.74 Å². The first kappa shape index (κ1) is 20.3. The lowest BCUT2D eigenvalue weighted by molar-refractivity contribution is -0.137. The van der Waals surface area contributed by atoms with Crippen molar-refractivity contribution in [2.24, 2.45) is 5.92 Å². The topological polar surface area (TPSA) is 38.8 Å². The van der Waals surface area contributed by atoms with E-state index in [2.05, 4.69) is 24.3 Å². The molecule has 1 aliphatic heterocycles. The van der Waals surface area contributed by atoms with Crippen molar-refractivity contribution in [3.8, 4) is 5.75 Å². The number of amides is 1. The molecule has 0 unspecified atom stereocenters. The van der Waals surface area contributed by atoms with Crippen molar-refractivity contribution >= 4 is 5.91 Å². The van der Waals surface area contributed by atoms with Gasteiger partial charge in [0, 0.05) is 19.7 Å². The molecule has 5 heteroatoms. The van der Waals surface area contributed by atoms with Crippen LogP contribution >= 0.6 is 0 Å². The molecule has 1 saturated heterocycles. The van der Waals surface area contributed by atoms with E-state index in [4.69, 9.17) is 9.47 Å². The van der Waals surface area contributed by atoms with Gasteiger partial charge in [-0.1, -0.05) is 24.3 Å². The lowest BCUT2D eigenvalue weighted by Crippen LogP contribution is -2.40. The number of halogens is 1. The van der Waals surface area contributed by atoms with Gasteiger partial charge >= 0.3 is 0 Å². The summed E-state index contributed by atoms with van der Waals surface area (Å²) in [6, 6.07) is 14.5. The van der Waals surface area contributed by atoms with Gasteiger partial charge in [-0.3, -0.25) is 4.79 Å². The van der Waals surface area contributed by atoms with Gasteiger partial charge in [-0.05, 0) is 67.5 Å². The van der Waals surface area contributed by atoms with Crippen molar-refractivity contribution in [1.29, 1.82) is 0 Å². The molecule has 2 aromatic rings. The lowest BCUT2D eigenvalue weighted by Gasteiger charge is -2.32. The number of benzene rings is 2. The first-order valence-corrected chi connectivity index (χ1v) is 9.95. The zero-order valence-electron chi connectivity index (χ0n) is 16.4. The highest BCUT2D eigenvalue weighted by Gasteiger charge is 2.22. The summed E-state index contributed by atoms with van der Waals surface area (Å²) in [5.74, 6) is 1.11. The maximum atomic E-state index is 12.9.